The molecule has 0 atom stereocenters. The van der Waals surface area contributed by atoms with E-state index in [0.717, 1.165) is 20.9 Å². The third kappa shape index (κ3) is 1.94. The van der Waals surface area contributed by atoms with Gasteiger partial charge < -0.3 is 9.47 Å². The first-order valence-electron chi connectivity index (χ1n) is 5.85. The van der Waals surface area contributed by atoms with Crippen LogP contribution >= 0.6 is 11.3 Å². The lowest BCUT2D eigenvalue weighted by Gasteiger charge is -1.99. The molecule has 0 spiro atoms. The Morgan fingerprint density at radius 2 is 2.32 bits per heavy atom. The van der Waals surface area contributed by atoms with Gasteiger partial charge in [0.2, 0.25) is 0 Å². The molecule has 3 aromatic rings. The van der Waals surface area contributed by atoms with Crippen molar-refractivity contribution in [3.63, 3.8) is 0 Å². The first-order valence-corrected chi connectivity index (χ1v) is 6.67. The van der Waals surface area contributed by atoms with Gasteiger partial charge in [-0.3, -0.25) is 4.40 Å². The zero-order chi connectivity index (χ0) is 13.4. The summed E-state index contributed by atoms with van der Waals surface area (Å²) in [5, 5.41) is 0. The molecule has 0 saturated carbocycles. The topological polar surface area (TPSA) is 52.8 Å². The minimum atomic E-state index is -0.394. The van der Waals surface area contributed by atoms with Crippen LogP contribution < -0.4 is 4.74 Å². The molecule has 6 heteroatoms. The highest BCUT2D eigenvalue weighted by Crippen LogP contribution is 2.29. The number of aromatic nitrogens is 2. The van der Waals surface area contributed by atoms with E-state index in [9.17, 15) is 4.79 Å². The SMILES string of the molecule is CCOC(=O)c1cn2c(n1)sc1ccc(OC)cc12. The Labute approximate surface area is 113 Å². The first kappa shape index (κ1) is 12.0. The number of hydrogen-bond donors (Lipinski definition) is 0. The number of thiazole rings is 1. The number of fused-ring (bicyclic) bond motifs is 3. The zero-order valence-electron chi connectivity index (χ0n) is 10.5. The van der Waals surface area contributed by atoms with E-state index in [1.54, 1.807) is 20.2 Å². The molecule has 0 aliphatic heterocycles. The Morgan fingerprint density at radius 3 is 3.05 bits per heavy atom. The number of ether oxygens (including phenoxy) is 2. The van der Waals surface area contributed by atoms with Gasteiger partial charge in [0.25, 0.3) is 0 Å². The number of imidazole rings is 1. The molecule has 0 aliphatic rings. The zero-order valence-corrected chi connectivity index (χ0v) is 11.4. The predicted molar refractivity (Wildman–Crippen MR) is 73.1 cm³/mol. The van der Waals surface area contributed by atoms with Gasteiger partial charge in [0.15, 0.2) is 10.7 Å². The summed E-state index contributed by atoms with van der Waals surface area (Å²) < 4.78 is 13.1. The fourth-order valence-corrected chi connectivity index (χ4v) is 2.90. The third-order valence-electron chi connectivity index (χ3n) is 2.79. The van der Waals surface area contributed by atoms with Crippen LogP contribution in [-0.2, 0) is 4.74 Å². The minimum absolute atomic E-state index is 0.331. The van der Waals surface area contributed by atoms with Crippen molar-refractivity contribution < 1.29 is 14.3 Å². The van der Waals surface area contributed by atoms with E-state index in [4.69, 9.17) is 9.47 Å². The largest absolute Gasteiger partial charge is 0.497 e. The second-order valence-electron chi connectivity index (χ2n) is 3.93. The summed E-state index contributed by atoms with van der Waals surface area (Å²) in [6.07, 6.45) is 1.70. The summed E-state index contributed by atoms with van der Waals surface area (Å²) in [5.41, 5.74) is 1.31. The van der Waals surface area contributed by atoms with Gasteiger partial charge in [-0.15, -0.1) is 0 Å². The Bertz CT molecular complexity index is 760. The highest BCUT2D eigenvalue weighted by molar-refractivity contribution is 7.23. The molecule has 0 saturated heterocycles. The standard InChI is InChI=1S/C13H12N2O3S/c1-3-18-12(16)9-7-15-10-6-8(17-2)4-5-11(10)19-13(15)14-9/h4-7H,3H2,1-2H3. The molecule has 2 heterocycles. The fraction of sp³-hybridized carbons (Fsp3) is 0.231. The summed E-state index contributed by atoms with van der Waals surface area (Å²) in [6, 6.07) is 5.82. The molecule has 0 amide bonds. The van der Waals surface area contributed by atoms with Crippen LogP contribution in [0.5, 0.6) is 5.75 Å². The second-order valence-corrected chi connectivity index (χ2v) is 4.94. The Balaban J connectivity index is 2.15. The highest BCUT2D eigenvalue weighted by Gasteiger charge is 2.15. The summed E-state index contributed by atoms with van der Waals surface area (Å²) in [7, 11) is 1.63. The lowest BCUT2D eigenvalue weighted by Crippen LogP contribution is -2.04. The van der Waals surface area contributed by atoms with Crippen LogP contribution in [0.4, 0.5) is 0 Å². The predicted octanol–water partition coefficient (Wildman–Crippen LogP) is 2.73. The van der Waals surface area contributed by atoms with Gasteiger partial charge >= 0.3 is 5.97 Å². The minimum Gasteiger partial charge on any atom is -0.497 e. The van der Waals surface area contributed by atoms with Gasteiger partial charge in [-0.25, -0.2) is 9.78 Å². The summed E-state index contributed by atoms with van der Waals surface area (Å²) in [6.45, 7) is 2.12. The Kier molecular flexibility index (Phi) is 2.87. The molecule has 19 heavy (non-hydrogen) atoms. The maximum atomic E-state index is 11.7. The summed E-state index contributed by atoms with van der Waals surface area (Å²) >= 11 is 1.53. The van der Waals surface area contributed by atoms with Gasteiger partial charge in [-0.1, -0.05) is 11.3 Å². The monoisotopic (exact) mass is 276 g/mol. The van der Waals surface area contributed by atoms with Crippen molar-refractivity contribution in [3.8, 4) is 5.75 Å². The molecule has 0 bridgehead atoms. The van der Waals surface area contributed by atoms with E-state index in [0.29, 0.717) is 12.3 Å². The molecule has 2 aromatic heterocycles. The molecule has 98 valence electrons. The first-order chi connectivity index (χ1) is 9.22. The van der Waals surface area contributed by atoms with Crippen LogP contribution in [0.1, 0.15) is 17.4 Å². The normalized spacial score (nSPS) is 11.1. The average molecular weight is 276 g/mol. The summed E-state index contributed by atoms with van der Waals surface area (Å²) in [5.74, 6) is 0.382. The number of carbonyl (C=O) groups excluding carboxylic acids is 1. The van der Waals surface area contributed by atoms with Crippen molar-refractivity contribution >= 4 is 32.5 Å². The molecule has 0 N–H and O–H groups in total. The fourth-order valence-electron chi connectivity index (χ4n) is 1.91. The molecule has 3 rings (SSSR count). The lowest BCUT2D eigenvalue weighted by molar-refractivity contribution is 0.0520. The molecular weight excluding hydrogens is 264 g/mol. The van der Waals surface area contributed by atoms with Crippen molar-refractivity contribution in [2.45, 2.75) is 6.92 Å². The molecule has 0 radical (unpaired) electrons. The van der Waals surface area contributed by atoms with Gasteiger partial charge in [-0.05, 0) is 19.1 Å². The van der Waals surface area contributed by atoms with Crippen LogP contribution in [0.2, 0.25) is 0 Å². The highest BCUT2D eigenvalue weighted by atomic mass is 32.1. The van der Waals surface area contributed by atoms with Crippen molar-refractivity contribution in [1.29, 1.82) is 0 Å². The number of methoxy groups -OCH3 is 1. The Morgan fingerprint density at radius 1 is 1.47 bits per heavy atom. The van der Waals surface area contributed by atoms with Gasteiger partial charge in [0.1, 0.15) is 5.75 Å². The smallest absolute Gasteiger partial charge is 0.358 e. The molecule has 0 fully saturated rings. The van der Waals surface area contributed by atoms with Gasteiger partial charge in [0.05, 0.1) is 23.9 Å². The van der Waals surface area contributed by atoms with E-state index in [2.05, 4.69) is 4.98 Å². The van der Waals surface area contributed by atoms with Gasteiger partial charge in [-0.2, -0.15) is 0 Å². The average Bonchev–Trinajstić information content (AvgIpc) is 2.95. The number of rotatable bonds is 3. The third-order valence-corrected chi connectivity index (χ3v) is 3.82. The number of hydrogen-bond acceptors (Lipinski definition) is 5. The maximum Gasteiger partial charge on any atom is 0.358 e. The number of carbonyl (C=O) groups is 1. The van der Waals surface area contributed by atoms with Crippen LogP contribution in [0.3, 0.4) is 0 Å². The molecule has 1 aromatic carbocycles. The summed E-state index contributed by atoms with van der Waals surface area (Å²) in [4.78, 5) is 16.7. The quantitative estimate of drug-likeness (QED) is 0.690. The Hall–Kier alpha value is -2.08. The lowest BCUT2D eigenvalue weighted by atomic mass is 10.3. The molecule has 5 nitrogen and oxygen atoms in total. The van der Waals surface area contributed by atoms with Crippen molar-refractivity contribution in [3.05, 3.63) is 30.1 Å². The van der Waals surface area contributed by atoms with E-state index in [1.165, 1.54) is 11.3 Å². The van der Waals surface area contributed by atoms with Crippen molar-refractivity contribution in [1.82, 2.24) is 9.38 Å². The number of esters is 1. The van der Waals surface area contributed by atoms with E-state index >= 15 is 0 Å². The molecular formula is C13H12N2O3S. The van der Waals surface area contributed by atoms with Crippen LogP contribution in [0, 0.1) is 0 Å². The van der Waals surface area contributed by atoms with Crippen molar-refractivity contribution in [2.24, 2.45) is 0 Å². The van der Waals surface area contributed by atoms with E-state index in [-0.39, 0.29) is 0 Å². The molecule has 0 aliphatic carbocycles. The maximum absolute atomic E-state index is 11.7. The van der Waals surface area contributed by atoms with Gasteiger partial charge in [0, 0.05) is 12.3 Å². The van der Waals surface area contributed by atoms with E-state index < -0.39 is 5.97 Å². The second kappa shape index (κ2) is 4.55. The number of benzene rings is 1. The van der Waals surface area contributed by atoms with Crippen LogP contribution in [0.15, 0.2) is 24.4 Å². The van der Waals surface area contributed by atoms with Crippen molar-refractivity contribution in [2.75, 3.05) is 13.7 Å². The molecule has 0 unspecified atom stereocenters. The van der Waals surface area contributed by atoms with E-state index in [1.807, 2.05) is 22.6 Å². The number of nitrogens with zero attached hydrogens (tertiary/aromatic N) is 2. The van der Waals surface area contributed by atoms with Crippen LogP contribution in [0.25, 0.3) is 15.2 Å². The van der Waals surface area contributed by atoms with Crippen LogP contribution in [-0.4, -0.2) is 29.1 Å².